The van der Waals surface area contributed by atoms with Crippen molar-refractivity contribution in [2.75, 3.05) is 11.1 Å². The molecule has 10 nitrogen and oxygen atoms in total. The van der Waals surface area contributed by atoms with Gasteiger partial charge in [-0.05, 0) is 32.1 Å². The van der Waals surface area contributed by atoms with E-state index in [1.807, 2.05) is 11.8 Å². The maximum absolute atomic E-state index is 12.1. The summed E-state index contributed by atoms with van der Waals surface area (Å²) in [6.45, 7) is 0. The highest BCUT2D eigenvalue weighted by atomic mass is 79.9. The van der Waals surface area contributed by atoms with Gasteiger partial charge in [0.15, 0.2) is 0 Å². The van der Waals surface area contributed by atoms with Crippen LogP contribution in [0.1, 0.15) is 44.9 Å². The number of fused-ring (bicyclic) bond motifs is 1. The van der Waals surface area contributed by atoms with E-state index in [9.17, 15) is 24.3 Å². The number of alkyl halides is 1. The molecular weight excluding hydrogens is 478 g/mol. The average Bonchev–Trinajstić information content (AvgIpc) is 3.23. The molecule has 1 unspecified atom stereocenters. The first-order valence-corrected chi connectivity index (χ1v) is 12.3. The van der Waals surface area contributed by atoms with Crippen molar-refractivity contribution in [1.29, 1.82) is 0 Å². The summed E-state index contributed by atoms with van der Waals surface area (Å²) >= 11 is 4.86. The van der Waals surface area contributed by atoms with Gasteiger partial charge in [0.05, 0.1) is 23.6 Å². The summed E-state index contributed by atoms with van der Waals surface area (Å²) in [7, 11) is 0. The molecule has 12 heteroatoms. The Kier molecular flexibility index (Phi) is 10.2. The Morgan fingerprint density at radius 1 is 1.17 bits per heavy atom. The number of hydrogen-bond donors (Lipinski definition) is 6. The summed E-state index contributed by atoms with van der Waals surface area (Å²) in [5.41, 5.74) is 5.77. The zero-order valence-corrected chi connectivity index (χ0v) is 19.1. The average molecular weight is 508 g/mol. The van der Waals surface area contributed by atoms with Crippen LogP contribution in [0.3, 0.4) is 0 Å². The van der Waals surface area contributed by atoms with Gasteiger partial charge >= 0.3 is 12.0 Å². The lowest BCUT2D eigenvalue weighted by Crippen LogP contribution is -2.43. The van der Waals surface area contributed by atoms with Gasteiger partial charge in [0, 0.05) is 17.4 Å². The maximum Gasteiger partial charge on any atom is 0.326 e. The number of rotatable bonds is 13. The largest absolute Gasteiger partial charge is 0.480 e. The Balaban J connectivity index is 1.61. The Hall–Kier alpha value is -1.53. The molecule has 0 aliphatic carbocycles. The molecule has 2 saturated heterocycles. The SMILES string of the molecule is NC(CCC[C@H](NC(=O)CCCC[C@@H]1SC[C@@H]2NC(=O)N[C@@H]21)C(=O)O)NC(=O)CBr. The first-order chi connectivity index (χ1) is 14.3. The van der Waals surface area contributed by atoms with Crippen molar-refractivity contribution in [2.45, 2.75) is 74.5 Å². The first-order valence-electron chi connectivity index (χ1n) is 10.1. The standard InChI is InChI=1S/C18H30BrN5O5S/c19-8-15(26)23-13(20)6-3-4-10(17(27)28)21-14(25)7-2-1-5-12-16-11(9-30-12)22-18(29)24-16/h10-13,16H,1-9,20H2,(H,21,25)(H,23,26)(H,27,28)(H2,22,24,29)/t10-,11-,12-,13?,16-/m0/s1. The van der Waals surface area contributed by atoms with Gasteiger partial charge in [0.25, 0.3) is 0 Å². The number of hydrogen-bond acceptors (Lipinski definition) is 6. The van der Waals surface area contributed by atoms with E-state index in [1.165, 1.54) is 0 Å². The smallest absolute Gasteiger partial charge is 0.326 e. The molecule has 0 aromatic heterocycles. The van der Waals surface area contributed by atoms with Gasteiger partial charge < -0.3 is 32.1 Å². The van der Waals surface area contributed by atoms with Crippen molar-refractivity contribution in [2.24, 2.45) is 5.73 Å². The molecule has 5 atom stereocenters. The molecule has 2 rings (SSSR count). The van der Waals surface area contributed by atoms with Crippen molar-refractivity contribution in [3.63, 3.8) is 0 Å². The van der Waals surface area contributed by atoms with Crippen LogP contribution in [0.4, 0.5) is 4.79 Å². The molecule has 0 aromatic rings. The second-order valence-electron chi connectivity index (χ2n) is 7.56. The van der Waals surface area contributed by atoms with E-state index >= 15 is 0 Å². The Morgan fingerprint density at radius 3 is 2.63 bits per heavy atom. The minimum Gasteiger partial charge on any atom is -0.480 e. The highest BCUT2D eigenvalue weighted by Gasteiger charge is 2.42. The molecule has 4 amide bonds. The Labute approximate surface area is 188 Å². The first kappa shape index (κ1) is 24.7. The highest BCUT2D eigenvalue weighted by molar-refractivity contribution is 9.09. The number of carbonyl (C=O) groups is 4. The van der Waals surface area contributed by atoms with E-state index in [4.69, 9.17) is 5.73 Å². The summed E-state index contributed by atoms with van der Waals surface area (Å²) in [6, 6.07) is -0.741. The fraction of sp³-hybridized carbons (Fsp3) is 0.778. The molecule has 2 heterocycles. The van der Waals surface area contributed by atoms with E-state index in [0.717, 1.165) is 18.6 Å². The number of urea groups is 1. The number of halogens is 1. The third-order valence-electron chi connectivity index (χ3n) is 5.19. The van der Waals surface area contributed by atoms with E-state index in [-0.39, 0.29) is 48.1 Å². The molecule has 30 heavy (non-hydrogen) atoms. The van der Waals surface area contributed by atoms with E-state index < -0.39 is 18.2 Å². The van der Waals surface area contributed by atoms with Crippen LogP contribution in [0.15, 0.2) is 0 Å². The summed E-state index contributed by atoms with van der Waals surface area (Å²) in [4.78, 5) is 46.2. The second-order valence-corrected chi connectivity index (χ2v) is 9.40. The number of unbranched alkanes of at least 4 members (excludes halogenated alkanes) is 1. The maximum atomic E-state index is 12.1. The molecular formula is C18H30BrN5O5S. The molecule has 2 fully saturated rings. The van der Waals surface area contributed by atoms with Gasteiger partial charge in [-0.25, -0.2) is 9.59 Å². The van der Waals surface area contributed by atoms with Crippen molar-refractivity contribution in [3.8, 4) is 0 Å². The normalized spacial score (nSPS) is 24.3. The lowest BCUT2D eigenvalue weighted by molar-refractivity contribution is -0.142. The van der Waals surface area contributed by atoms with Crippen LogP contribution in [0.2, 0.25) is 0 Å². The third kappa shape index (κ3) is 7.95. The number of aliphatic carboxylic acids is 1. The number of nitrogens with two attached hydrogens (primary N) is 1. The lowest BCUT2D eigenvalue weighted by Gasteiger charge is -2.18. The molecule has 0 radical (unpaired) electrons. The summed E-state index contributed by atoms with van der Waals surface area (Å²) in [5.74, 6) is -0.701. The van der Waals surface area contributed by atoms with Gasteiger partial charge in [-0.1, -0.05) is 22.4 Å². The minimum atomic E-state index is -1.08. The van der Waals surface area contributed by atoms with Gasteiger partial charge in [-0.3, -0.25) is 9.59 Å². The molecule has 0 saturated carbocycles. The van der Waals surface area contributed by atoms with E-state index in [2.05, 4.69) is 37.2 Å². The van der Waals surface area contributed by atoms with Gasteiger partial charge in [0.1, 0.15) is 6.04 Å². The summed E-state index contributed by atoms with van der Waals surface area (Å²) in [5, 5.41) is 20.8. The lowest BCUT2D eigenvalue weighted by atomic mass is 10.0. The van der Waals surface area contributed by atoms with E-state index in [1.54, 1.807) is 0 Å². The molecule has 2 aliphatic rings. The van der Waals surface area contributed by atoms with Crippen molar-refractivity contribution in [1.82, 2.24) is 21.3 Å². The number of nitrogens with one attached hydrogen (secondary N) is 4. The summed E-state index contributed by atoms with van der Waals surface area (Å²) in [6.07, 6.45) is 3.25. The third-order valence-corrected chi connectivity index (χ3v) is 7.21. The fourth-order valence-corrected chi connectivity index (χ4v) is 5.36. The van der Waals surface area contributed by atoms with Crippen molar-refractivity contribution < 1.29 is 24.3 Å². The number of carboxylic acids is 1. The molecule has 170 valence electrons. The topological polar surface area (TPSA) is 163 Å². The molecule has 0 spiro atoms. The van der Waals surface area contributed by atoms with Gasteiger partial charge in [0.2, 0.25) is 11.8 Å². The molecule has 0 bridgehead atoms. The molecule has 7 N–H and O–H groups in total. The van der Waals surface area contributed by atoms with Crippen LogP contribution >= 0.6 is 27.7 Å². The number of thioether (sulfide) groups is 1. The predicted octanol–water partition coefficient (Wildman–Crippen LogP) is 0.248. The van der Waals surface area contributed by atoms with Gasteiger partial charge in [-0.15, -0.1) is 0 Å². The number of carboxylic acid groups (broad SMARTS) is 1. The van der Waals surface area contributed by atoms with Crippen molar-refractivity contribution >= 4 is 51.5 Å². The summed E-state index contributed by atoms with van der Waals surface area (Å²) < 4.78 is 0. The quantitative estimate of drug-likeness (QED) is 0.0899. The predicted molar refractivity (Wildman–Crippen MR) is 117 cm³/mol. The zero-order valence-electron chi connectivity index (χ0n) is 16.7. The Morgan fingerprint density at radius 2 is 1.93 bits per heavy atom. The molecule has 0 aromatic carbocycles. The van der Waals surface area contributed by atoms with Crippen molar-refractivity contribution in [3.05, 3.63) is 0 Å². The van der Waals surface area contributed by atoms with Crippen LogP contribution in [0, 0.1) is 0 Å². The van der Waals surface area contributed by atoms with Crippen LogP contribution < -0.4 is 27.0 Å². The van der Waals surface area contributed by atoms with Crippen LogP contribution in [-0.2, 0) is 14.4 Å². The Bertz CT molecular complexity index is 640. The van der Waals surface area contributed by atoms with Gasteiger partial charge in [-0.2, -0.15) is 11.8 Å². The fourth-order valence-electron chi connectivity index (χ4n) is 3.66. The monoisotopic (exact) mass is 507 g/mol. The van der Waals surface area contributed by atoms with E-state index in [0.29, 0.717) is 24.5 Å². The minimum absolute atomic E-state index is 0.110. The number of carbonyl (C=O) groups excluding carboxylic acids is 3. The molecule has 2 aliphatic heterocycles. The second kappa shape index (κ2) is 12.4. The zero-order chi connectivity index (χ0) is 22.1. The van der Waals surface area contributed by atoms with Crippen LogP contribution in [-0.4, -0.2) is 69.5 Å². The van der Waals surface area contributed by atoms with Crippen LogP contribution in [0.5, 0.6) is 0 Å². The number of amides is 4. The van der Waals surface area contributed by atoms with Crippen LogP contribution in [0.25, 0.3) is 0 Å². The highest BCUT2D eigenvalue weighted by Crippen LogP contribution is 2.33.